The molecule has 3 amide bonds. The Balaban J connectivity index is 2.55. The number of carbonyl (C=O) groups is 3. The molecule has 5 N–H and O–H groups in total. The van der Waals surface area contributed by atoms with Crippen LogP contribution in [-0.4, -0.2) is 35.5 Å². The van der Waals surface area contributed by atoms with Crippen molar-refractivity contribution in [1.82, 2.24) is 5.32 Å². The number of carbonyl (C=O) groups excluding carboxylic acids is 3. The maximum Gasteiger partial charge on any atom is 0.319 e. The summed E-state index contributed by atoms with van der Waals surface area (Å²) in [5, 5.41) is 13.8. The Hall–Kier alpha value is -2.41. The highest BCUT2D eigenvalue weighted by molar-refractivity contribution is 5.96. The van der Waals surface area contributed by atoms with Crippen molar-refractivity contribution in [2.24, 2.45) is 5.73 Å². The Morgan fingerprint density at radius 2 is 2.05 bits per heavy atom. The highest BCUT2D eigenvalue weighted by Gasteiger charge is 2.12. The molecule has 0 aliphatic carbocycles. The lowest BCUT2D eigenvalue weighted by atomic mass is 10.1. The van der Waals surface area contributed by atoms with Gasteiger partial charge in [0.05, 0.1) is 6.54 Å². The fraction of sp³-hybridized carbons (Fsp3) is 0.250. The number of ketones is 1. The second-order valence-corrected chi connectivity index (χ2v) is 3.89. The first kappa shape index (κ1) is 14.7. The number of hydrogen-bond donors (Lipinski definition) is 4. The number of Topliss-reactive ketones (excluding diaryl/α,β-unsaturated/α-hetero) is 1. The second kappa shape index (κ2) is 6.50. The van der Waals surface area contributed by atoms with Crippen LogP contribution in [0.4, 0.5) is 10.5 Å². The van der Waals surface area contributed by atoms with E-state index < -0.39 is 18.0 Å². The van der Waals surface area contributed by atoms with Gasteiger partial charge in [0.25, 0.3) is 0 Å². The zero-order chi connectivity index (χ0) is 14.4. The lowest BCUT2D eigenvalue weighted by Gasteiger charge is -2.10. The van der Waals surface area contributed by atoms with Crippen molar-refractivity contribution in [3.05, 3.63) is 29.8 Å². The number of primary amides is 1. The molecule has 0 saturated carbocycles. The highest BCUT2D eigenvalue weighted by atomic mass is 16.3. The van der Waals surface area contributed by atoms with E-state index in [1.165, 1.54) is 13.0 Å². The van der Waals surface area contributed by atoms with E-state index in [9.17, 15) is 14.4 Å². The van der Waals surface area contributed by atoms with Crippen LogP contribution < -0.4 is 16.4 Å². The second-order valence-electron chi connectivity index (χ2n) is 3.89. The number of aliphatic hydroxyl groups is 1. The molecule has 0 radical (unpaired) electrons. The van der Waals surface area contributed by atoms with Crippen molar-refractivity contribution >= 4 is 23.4 Å². The Kier molecular flexibility index (Phi) is 5.01. The standard InChI is InChI=1S/C12H15N3O4/c1-7(16)8-3-2-4-9(5-8)15-12(19)14-6-10(17)11(13)18/h2-5,10,17H,6H2,1H3,(H2,13,18)(H2,14,15,19). The zero-order valence-corrected chi connectivity index (χ0v) is 10.3. The number of hydrogen-bond acceptors (Lipinski definition) is 4. The van der Waals surface area contributed by atoms with E-state index in [2.05, 4.69) is 10.6 Å². The maximum atomic E-state index is 11.5. The summed E-state index contributed by atoms with van der Waals surface area (Å²) in [6.45, 7) is 1.13. The molecule has 0 fully saturated rings. The van der Waals surface area contributed by atoms with Crippen LogP contribution in [0.5, 0.6) is 0 Å². The number of nitrogens with two attached hydrogens (primary N) is 1. The van der Waals surface area contributed by atoms with Gasteiger partial charge in [-0.15, -0.1) is 0 Å². The van der Waals surface area contributed by atoms with Crippen molar-refractivity contribution in [2.75, 3.05) is 11.9 Å². The smallest absolute Gasteiger partial charge is 0.319 e. The van der Waals surface area contributed by atoms with Gasteiger partial charge in [-0.3, -0.25) is 9.59 Å². The molecule has 102 valence electrons. The number of rotatable bonds is 5. The van der Waals surface area contributed by atoms with Crippen LogP contribution in [0.15, 0.2) is 24.3 Å². The molecule has 1 aromatic carbocycles. The number of urea groups is 1. The number of benzene rings is 1. The van der Waals surface area contributed by atoms with Crippen molar-refractivity contribution < 1.29 is 19.5 Å². The summed E-state index contributed by atoms with van der Waals surface area (Å²) in [6, 6.07) is 5.77. The Labute approximate surface area is 109 Å². The van der Waals surface area contributed by atoms with Crippen molar-refractivity contribution in [3.63, 3.8) is 0 Å². The van der Waals surface area contributed by atoms with Crippen LogP contribution in [-0.2, 0) is 4.79 Å². The van der Waals surface area contributed by atoms with Gasteiger partial charge in [0.2, 0.25) is 5.91 Å². The lowest BCUT2D eigenvalue weighted by molar-refractivity contribution is -0.125. The normalized spacial score (nSPS) is 11.5. The number of amides is 3. The monoisotopic (exact) mass is 265 g/mol. The van der Waals surface area contributed by atoms with Crippen LogP contribution in [0.25, 0.3) is 0 Å². The van der Waals surface area contributed by atoms with E-state index in [-0.39, 0.29) is 12.3 Å². The molecule has 7 heteroatoms. The van der Waals surface area contributed by atoms with Crippen molar-refractivity contribution in [2.45, 2.75) is 13.0 Å². The summed E-state index contributed by atoms with van der Waals surface area (Å²) in [7, 11) is 0. The molecule has 1 atom stereocenters. The lowest BCUT2D eigenvalue weighted by Crippen LogP contribution is -2.41. The Morgan fingerprint density at radius 1 is 1.37 bits per heavy atom. The van der Waals surface area contributed by atoms with Crippen LogP contribution in [0, 0.1) is 0 Å². The highest BCUT2D eigenvalue weighted by Crippen LogP contribution is 2.10. The minimum absolute atomic E-state index is 0.117. The summed E-state index contributed by atoms with van der Waals surface area (Å²) in [5.41, 5.74) is 5.73. The topological polar surface area (TPSA) is 122 Å². The Morgan fingerprint density at radius 3 is 2.63 bits per heavy atom. The van der Waals surface area contributed by atoms with Crippen LogP contribution in [0.1, 0.15) is 17.3 Å². The van der Waals surface area contributed by atoms with Crippen molar-refractivity contribution in [1.29, 1.82) is 0 Å². The molecule has 0 saturated heterocycles. The van der Waals surface area contributed by atoms with Gasteiger partial charge < -0.3 is 21.5 Å². The summed E-state index contributed by atoms with van der Waals surface area (Å²) < 4.78 is 0. The molecule has 1 unspecified atom stereocenters. The zero-order valence-electron chi connectivity index (χ0n) is 10.3. The molecular weight excluding hydrogens is 250 g/mol. The molecule has 7 nitrogen and oxygen atoms in total. The molecule has 1 rings (SSSR count). The van der Waals surface area contributed by atoms with Gasteiger partial charge in [-0.05, 0) is 19.1 Å². The van der Waals surface area contributed by atoms with E-state index in [1.807, 2.05) is 0 Å². The average molecular weight is 265 g/mol. The van der Waals surface area contributed by atoms with Gasteiger partial charge >= 0.3 is 6.03 Å². The molecule has 1 aromatic rings. The van der Waals surface area contributed by atoms with Gasteiger partial charge in [-0.25, -0.2) is 4.79 Å². The average Bonchev–Trinajstić information content (AvgIpc) is 2.36. The number of anilines is 1. The molecule has 0 spiro atoms. The maximum absolute atomic E-state index is 11.5. The van der Waals surface area contributed by atoms with Gasteiger partial charge in [0, 0.05) is 11.3 Å². The summed E-state index contributed by atoms with van der Waals surface area (Å²) in [6.07, 6.45) is -1.44. The molecule has 0 heterocycles. The van der Waals surface area contributed by atoms with Crippen LogP contribution in [0.2, 0.25) is 0 Å². The first-order valence-corrected chi connectivity index (χ1v) is 5.53. The first-order chi connectivity index (χ1) is 8.90. The van der Waals surface area contributed by atoms with Crippen LogP contribution in [0.3, 0.4) is 0 Å². The van der Waals surface area contributed by atoms with E-state index >= 15 is 0 Å². The quantitative estimate of drug-likeness (QED) is 0.553. The third-order valence-corrected chi connectivity index (χ3v) is 2.31. The fourth-order valence-corrected chi connectivity index (χ4v) is 1.28. The minimum atomic E-state index is -1.44. The third-order valence-electron chi connectivity index (χ3n) is 2.31. The predicted octanol–water partition coefficient (Wildman–Crippen LogP) is -0.143. The predicted molar refractivity (Wildman–Crippen MR) is 68.7 cm³/mol. The van der Waals surface area contributed by atoms with E-state index in [1.54, 1.807) is 18.2 Å². The van der Waals surface area contributed by atoms with E-state index in [4.69, 9.17) is 10.8 Å². The fourth-order valence-electron chi connectivity index (χ4n) is 1.28. The van der Waals surface area contributed by atoms with E-state index in [0.717, 1.165) is 0 Å². The van der Waals surface area contributed by atoms with Crippen molar-refractivity contribution in [3.8, 4) is 0 Å². The van der Waals surface area contributed by atoms with Gasteiger partial charge in [-0.2, -0.15) is 0 Å². The van der Waals surface area contributed by atoms with E-state index in [0.29, 0.717) is 11.3 Å². The number of nitrogens with one attached hydrogen (secondary N) is 2. The largest absolute Gasteiger partial charge is 0.381 e. The minimum Gasteiger partial charge on any atom is -0.381 e. The molecular formula is C12H15N3O4. The van der Waals surface area contributed by atoms with Crippen LogP contribution >= 0.6 is 0 Å². The van der Waals surface area contributed by atoms with Gasteiger partial charge in [0.15, 0.2) is 5.78 Å². The third kappa shape index (κ3) is 4.76. The summed E-state index contributed by atoms with van der Waals surface area (Å²) in [4.78, 5) is 33.2. The molecule has 0 aliphatic heterocycles. The molecule has 19 heavy (non-hydrogen) atoms. The summed E-state index contributed by atoms with van der Waals surface area (Å²) in [5.74, 6) is -1.04. The van der Waals surface area contributed by atoms with Gasteiger partial charge in [-0.1, -0.05) is 12.1 Å². The summed E-state index contributed by atoms with van der Waals surface area (Å²) >= 11 is 0. The molecule has 0 aromatic heterocycles. The Bertz CT molecular complexity index is 502. The number of aliphatic hydroxyl groups excluding tert-OH is 1. The SMILES string of the molecule is CC(=O)c1cccc(NC(=O)NCC(O)C(N)=O)c1. The molecule has 0 bridgehead atoms. The molecule has 0 aliphatic rings. The first-order valence-electron chi connectivity index (χ1n) is 5.53. The van der Waals surface area contributed by atoms with Gasteiger partial charge in [0.1, 0.15) is 6.10 Å².